The Hall–Kier alpha value is -3.12. The Balaban J connectivity index is 1.55. The van der Waals surface area contributed by atoms with Crippen molar-refractivity contribution in [1.82, 2.24) is 24.3 Å². The maximum absolute atomic E-state index is 9.04. The lowest BCUT2D eigenvalue weighted by Crippen LogP contribution is -2.49. The van der Waals surface area contributed by atoms with Gasteiger partial charge in [-0.3, -0.25) is 9.88 Å². The molecule has 3 aromatic rings. The van der Waals surface area contributed by atoms with Gasteiger partial charge >= 0.3 is 0 Å². The van der Waals surface area contributed by atoms with E-state index in [1.807, 2.05) is 50.1 Å². The van der Waals surface area contributed by atoms with Crippen molar-refractivity contribution in [2.24, 2.45) is 4.99 Å². The van der Waals surface area contributed by atoms with Gasteiger partial charge in [-0.15, -0.1) is 4.99 Å². The molecular formula is C26H26ClN7S. The molecule has 7 nitrogen and oxygen atoms in total. The fraction of sp³-hybridized carbons (Fsp3) is 0.308. The van der Waals surface area contributed by atoms with Crippen molar-refractivity contribution in [2.75, 3.05) is 32.4 Å². The number of imidazole rings is 1. The van der Waals surface area contributed by atoms with Crippen molar-refractivity contribution in [3.63, 3.8) is 0 Å². The molecule has 1 aliphatic carbocycles. The van der Waals surface area contributed by atoms with Crippen LogP contribution in [-0.2, 0) is 6.54 Å². The zero-order chi connectivity index (χ0) is 24.4. The minimum absolute atomic E-state index is 0.00360. The Labute approximate surface area is 214 Å². The smallest absolute Gasteiger partial charge is 0.208 e. The lowest BCUT2D eigenvalue weighted by molar-refractivity contribution is 0.150. The topological polar surface area (TPSA) is 73.3 Å². The second-order valence-corrected chi connectivity index (χ2v) is 9.82. The predicted molar refractivity (Wildman–Crippen MR) is 142 cm³/mol. The monoisotopic (exact) mass is 503 g/mol. The molecule has 1 saturated heterocycles. The number of hydrogen-bond acceptors (Lipinski definition) is 6. The fourth-order valence-electron chi connectivity index (χ4n) is 4.95. The number of amidine groups is 1. The summed E-state index contributed by atoms with van der Waals surface area (Å²) >= 11 is 8.04. The first-order valence-electron chi connectivity index (χ1n) is 11.5. The van der Waals surface area contributed by atoms with Crippen LogP contribution in [0, 0.1) is 18.4 Å². The first-order chi connectivity index (χ1) is 17.1. The molecule has 5 rings (SSSR count). The molecule has 0 amide bonds. The Bertz CT molecular complexity index is 1330. The van der Waals surface area contributed by atoms with Gasteiger partial charge in [0, 0.05) is 56.3 Å². The summed E-state index contributed by atoms with van der Waals surface area (Å²) in [5.41, 5.74) is 5.71. The predicted octanol–water partition coefficient (Wildman–Crippen LogP) is 4.70. The molecule has 0 saturated carbocycles. The summed E-state index contributed by atoms with van der Waals surface area (Å²) in [6.07, 6.45) is 11.9. The van der Waals surface area contributed by atoms with E-state index >= 15 is 0 Å². The number of halogens is 1. The number of aryl methyl sites for hydroxylation is 1. The van der Waals surface area contributed by atoms with Gasteiger partial charge in [0.25, 0.3) is 0 Å². The summed E-state index contributed by atoms with van der Waals surface area (Å²) in [6, 6.07) is 10.3. The van der Waals surface area contributed by atoms with Crippen molar-refractivity contribution < 1.29 is 0 Å². The number of pyridine rings is 1. The third-order valence-corrected chi connectivity index (χ3v) is 7.61. The number of fused-ring (bicyclic) bond motifs is 2. The molecule has 0 radical (unpaired) electrons. The minimum atomic E-state index is 0.00360. The highest BCUT2D eigenvalue weighted by molar-refractivity contribution is 8.13. The van der Waals surface area contributed by atoms with Crippen LogP contribution in [0.25, 0.3) is 11.6 Å². The van der Waals surface area contributed by atoms with E-state index in [-0.39, 0.29) is 6.04 Å². The van der Waals surface area contributed by atoms with E-state index in [4.69, 9.17) is 21.8 Å². The summed E-state index contributed by atoms with van der Waals surface area (Å²) in [5.74, 6) is 0.974. The van der Waals surface area contributed by atoms with Crippen LogP contribution in [0.4, 0.5) is 0 Å². The Morgan fingerprint density at radius 3 is 2.74 bits per heavy atom. The third-order valence-electron chi connectivity index (χ3n) is 6.66. The first-order valence-corrected chi connectivity index (χ1v) is 13.1. The summed E-state index contributed by atoms with van der Waals surface area (Å²) < 4.78 is 2.16. The lowest BCUT2D eigenvalue weighted by Gasteiger charge is -2.40. The van der Waals surface area contributed by atoms with Crippen LogP contribution in [0.3, 0.4) is 0 Å². The number of nitrogens with zero attached hydrogens (tertiary/aromatic N) is 7. The van der Waals surface area contributed by atoms with Gasteiger partial charge in [-0.05, 0) is 59.7 Å². The highest BCUT2D eigenvalue weighted by Gasteiger charge is 2.33. The first kappa shape index (κ1) is 23.6. The molecule has 0 bridgehead atoms. The summed E-state index contributed by atoms with van der Waals surface area (Å²) in [4.78, 5) is 18.0. The van der Waals surface area contributed by atoms with Crippen LogP contribution in [0.5, 0.6) is 0 Å². The van der Waals surface area contributed by atoms with E-state index in [0.29, 0.717) is 6.54 Å². The van der Waals surface area contributed by atoms with Crippen molar-refractivity contribution in [3.05, 3.63) is 82.2 Å². The van der Waals surface area contributed by atoms with E-state index in [1.165, 1.54) is 22.9 Å². The van der Waals surface area contributed by atoms with Crippen LogP contribution in [0.1, 0.15) is 34.3 Å². The van der Waals surface area contributed by atoms with Crippen LogP contribution in [0.2, 0.25) is 5.02 Å². The van der Waals surface area contributed by atoms with Gasteiger partial charge in [0.1, 0.15) is 5.82 Å². The van der Waals surface area contributed by atoms with Crippen LogP contribution >= 0.6 is 23.4 Å². The van der Waals surface area contributed by atoms with Gasteiger partial charge in [0.2, 0.25) is 6.19 Å². The molecule has 9 heteroatoms. The van der Waals surface area contributed by atoms with Gasteiger partial charge in [0.05, 0.1) is 11.7 Å². The maximum Gasteiger partial charge on any atom is 0.208 e. The molecule has 2 aromatic heterocycles. The molecule has 2 aliphatic rings. The Morgan fingerprint density at radius 2 is 2.03 bits per heavy atom. The van der Waals surface area contributed by atoms with Crippen LogP contribution in [0.15, 0.2) is 53.9 Å². The van der Waals surface area contributed by atoms with Crippen molar-refractivity contribution in [3.8, 4) is 6.19 Å². The quantitative estimate of drug-likeness (QED) is 0.293. The molecule has 3 heterocycles. The van der Waals surface area contributed by atoms with Gasteiger partial charge < -0.3 is 9.47 Å². The second-order valence-electron chi connectivity index (χ2n) is 8.61. The normalized spacial score (nSPS) is 18.3. The van der Waals surface area contributed by atoms with Gasteiger partial charge in [-0.2, -0.15) is 5.26 Å². The second kappa shape index (κ2) is 10.2. The number of thioether (sulfide) groups is 1. The fourth-order valence-corrected chi connectivity index (χ4v) is 5.70. The van der Waals surface area contributed by atoms with Gasteiger partial charge in [0.15, 0.2) is 5.17 Å². The summed E-state index contributed by atoms with van der Waals surface area (Å²) in [6.45, 7) is 6.00. The standard InChI is InChI=1S/C26H26ClN7S/c1-18-29-8-9-34(18)16-20-14-19-4-3-7-30-24(19)25(22-6-5-21(27)15-23(20)22)32-10-12-33(13-11-32)26(35-2)31-17-28/h3-9,14-15,25H,10-13,16H2,1-2H3/b31-26-. The zero-order valence-corrected chi connectivity index (χ0v) is 21.3. The molecule has 1 aromatic carbocycles. The van der Waals surface area contributed by atoms with Crippen LogP contribution in [-0.4, -0.2) is 61.9 Å². The van der Waals surface area contributed by atoms with Crippen LogP contribution < -0.4 is 0 Å². The average molecular weight is 504 g/mol. The summed E-state index contributed by atoms with van der Waals surface area (Å²) in [7, 11) is 0. The number of allylic oxidation sites excluding steroid dienone is 1. The van der Waals surface area contributed by atoms with Crippen molar-refractivity contribution >= 4 is 40.2 Å². The van der Waals surface area contributed by atoms with Gasteiger partial charge in [-0.1, -0.05) is 35.5 Å². The largest absolute Gasteiger partial charge is 0.348 e. The Kier molecular flexibility index (Phi) is 6.91. The van der Waals surface area contributed by atoms with E-state index in [9.17, 15) is 0 Å². The van der Waals surface area contributed by atoms with Gasteiger partial charge in [-0.25, -0.2) is 4.98 Å². The molecule has 178 valence electrons. The van der Waals surface area contributed by atoms with Crippen molar-refractivity contribution in [1.29, 1.82) is 5.26 Å². The number of hydrogen-bond donors (Lipinski definition) is 0. The molecule has 1 aliphatic heterocycles. The average Bonchev–Trinajstić information content (AvgIpc) is 3.22. The van der Waals surface area contributed by atoms with Crippen molar-refractivity contribution in [2.45, 2.75) is 19.5 Å². The van der Waals surface area contributed by atoms with E-state index in [1.54, 1.807) is 0 Å². The molecule has 0 N–H and O–H groups in total. The number of aromatic nitrogens is 3. The molecule has 0 spiro atoms. The lowest BCUT2D eigenvalue weighted by atomic mass is 9.93. The third kappa shape index (κ3) is 4.72. The SMILES string of the molecule is CS/C(=N\C#N)N1CCN(C2c3ccc(Cl)cc3C(Cn3ccnc3C)=Cc3cccnc32)CC1. The number of rotatable bonds is 3. The number of nitriles is 1. The molecular weight excluding hydrogens is 478 g/mol. The molecule has 35 heavy (non-hydrogen) atoms. The Morgan fingerprint density at radius 1 is 1.20 bits per heavy atom. The van der Waals surface area contributed by atoms with E-state index < -0.39 is 0 Å². The summed E-state index contributed by atoms with van der Waals surface area (Å²) in [5, 5.41) is 10.5. The minimum Gasteiger partial charge on any atom is -0.348 e. The van der Waals surface area contributed by atoms with E-state index in [0.717, 1.165) is 59.0 Å². The van der Waals surface area contributed by atoms with E-state index in [2.05, 4.69) is 48.6 Å². The number of aliphatic imine (C=N–C) groups is 1. The highest BCUT2D eigenvalue weighted by Crippen LogP contribution is 2.41. The maximum atomic E-state index is 9.04. The zero-order valence-electron chi connectivity index (χ0n) is 19.7. The number of benzene rings is 1. The molecule has 1 fully saturated rings. The highest BCUT2D eigenvalue weighted by atomic mass is 35.5. The molecule has 1 unspecified atom stereocenters. The molecule has 1 atom stereocenters. The number of piperazine rings is 1.